The van der Waals surface area contributed by atoms with Crippen LogP contribution < -0.4 is 16.6 Å². The minimum absolute atomic E-state index is 0.150. The van der Waals surface area contributed by atoms with Gasteiger partial charge in [-0.2, -0.15) is 0 Å². The standard InChI is InChI=1S/C19H23N5O5S/c1-6-11-10(3)30-16(13(11)18(27)29-7-2)21-12(25)8-24-9-20-15-14(24)17(26)23(5)19(28)22(15)4/h9H,6-8H2,1-5H3,(H,21,25). The lowest BCUT2D eigenvalue weighted by molar-refractivity contribution is -0.116. The van der Waals surface area contributed by atoms with Crippen LogP contribution in [-0.4, -0.2) is 37.2 Å². The molecule has 3 aromatic rings. The van der Waals surface area contributed by atoms with E-state index in [0.29, 0.717) is 17.0 Å². The van der Waals surface area contributed by atoms with Crippen molar-refractivity contribution in [2.45, 2.75) is 33.7 Å². The Hall–Kier alpha value is -3.21. The minimum Gasteiger partial charge on any atom is -0.462 e. The van der Waals surface area contributed by atoms with E-state index in [2.05, 4.69) is 10.3 Å². The van der Waals surface area contributed by atoms with Crippen molar-refractivity contribution in [1.29, 1.82) is 0 Å². The number of amides is 1. The predicted molar refractivity (Wildman–Crippen MR) is 113 cm³/mol. The fourth-order valence-electron chi connectivity index (χ4n) is 3.35. The second-order valence-electron chi connectivity index (χ2n) is 6.71. The topological polar surface area (TPSA) is 117 Å². The summed E-state index contributed by atoms with van der Waals surface area (Å²) in [6, 6.07) is 0. The second kappa shape index (κ2) is 8.27. The Labute approximate surface area is 175 Å². The van der Waals surface area contributed by atoms with Crippen molar-refractivity contribution in [2.75, 3.05) is 11.9 Å². The Morgan fingerprint density at radius 2 is 1.90 bits per heavy atom. The zero-order chi connectivity index (χ0) is 22.2. The van der Waals surface area contributed by atoms with Crippen LogP contribution in [0.4, 0.5) is 5.00 Å². The third kappa shape index (κ3) is 3.56. The summed E-state index contributed by atoms with van der Waals surface area (Å²) in [5.41, 5.74) is 0.517. The molecule has 0 aliphatic rings. The van der Waals surface area contributed by atoms with Gasteiger partial charge in [-0.3, -0.25) is 18.7 Å². The van der Waals surface area contributed by atoms with Crippen LogP contribution in [-0.2, 0) is 36.6 Å². The molecular formula is C19H23N5O5S. The van der Waals surface area contributed by atoms with E-state index in [1.165, 1.54) is 40.9 Å². The summed E-state index contributed by atoms with van der Waals surface area (Å²) < 4.78 is 8.75. The molecule has 3 aromatic heterocycles. The lowest BCUT2D eigenvalue weighted by atomic mass is 10.1. The van der Waals surface area contributed by atoms with Gasteiger partial charge in [0.25, 0.3) is 5.56 Å². The van der Waals surface area contributed by atoms with E-state index in [9.17, 15) is 19.2 Å². The quantitative estimate of drug-likeness (QED) is 0.584. The Balaban J connectivity index is 1.95. The van der Waals surface area contributed by atoms with Gasteiger partial charge in [-0.1, -0.05) is 6.92 Å². The van der Waals surface area contributed by atoms with Gasteiger partial charge in [-0.05, 0) is 25.8 Å². The summed E-state index contributed by atoms with van der Waals surface area (Å²) in [7, 11) is 2.88. The van der Waals surface area contributed by atoms with Crippen LogP contribution in [0.15, 0.2) is 15.9 Å². The van der Waals surface area contributed by atoms with Gasteiger partial charge in [-0.25, -0.2) is 14.6 Å². The van der Waals surface area contributed by atoms with Crippen molar-refractivity contribution in [3.63, 3.8) is 0 Å². The smallest absolute Gasteiger partial charge is 0.341 e. The average molecular weight is 433 g/mol. The van der Waals surface area contributed by atoms with Gasteiger partial charge < -0.3 is 14.6 Å². The molecule has 30 heavy (non-hydrogen) atoms. The number of fused-ring (bicyclic) bond motifs is 1. The fourth-order valence-corrected chi connectivity index (χ4v) is 4.50. The van der Waals surface area contributed by atoms with Crippen molar-refractivity contribution in [3.8, 4) is 0 Å². The van der Waals surface area contributed by atoms with E-state index in [1.807, 2.05) is 13.8 Å². The van der Waals surface area contributed by atoms with Crippen LogP contribution in [0.2, 0.25) is 0 Å². The number of thiophene rings is 1. The van der Waals surface area contributed by atoms with Gasteiger partial charge in [0.05, 0.1) is 18.5 Å². The van der Waals surface area contributed by atoms with Crippen molar-refractivity contribution in [3.05, 3.63) is 43.2 Å². The molecule has 1 N–H and O–H groups in total. The third-order valence-corrected chi connectivity index (χ3v) is 5.89. The SMILES string of the molecule is CCOC(=O)c1c(NC(=O)Cn2cnc3c2c(=O)n(C)c(=O)n3C)sc(C)c1CC. The molecule has 0 aromatic carbocycles. The van der Waals surface area contributed by atoms with Crippen LogP contribution in [0.1, 0.15) is 34.6 Å². The zero-order valence-corrected chi connectivity index (χ0v) is 18.3. The van der Waals surface area contributed by atoms with Crippen LogP contribution >= 0.6 is 11.3 Å². The van der Waals surface area contributed by atoms with Gasteiger partial charge in [-0.15, -0.1) is 11.3 Å². The molecule has 0 aliphatic carbocycles. The number of aryl methyl sites for hydroxylation is 2. The number of esters is 1. The molecule has 0 fully saturated rings. The van der Waals surface area contributed by atoms with E-state index in [-0.39, 0.29) is 24.3 Å². The molecule has 160 valence electrons. The average Bonchev–Trinajstić information content (AvgIpc) is 3.25. The number of ether oxygens (including phenoxy) is 1. The first-order chi connectivity index (χ1) is 14.2. The molecule has 0 atom stereocenters. The predicted octanol–water partition coefficient (Wildman–Crippen LogP) is 1.18. The highest BCUT2D eigenvalue weighted by Crippen LogP contribution is 2.34. The van der Waals surface area contributed by atoms with E-state index >= 15 is 0 Å². The number of anilines is 1. The van der Waals surface area contributed by atoms with Crippen LogP contribution in [0.3, 0.4) is 0 Å². The van der Waals surface area contributed by atoms with Gasteiger partial charge >= 0.3 is 11.7 Å². The van der Waals surface area contributed by atoms with Crippen LogP contribution in [0, 0.1) is 6.92 Å². The number of carbonyl (C=O) groups is 2. The molecule has 3 heterocycles. The molecule has 0 aliphatic heterocycles. The highest BCUT2D eigenvalue weighted by atomic mass is 32.1. The molecule has 0 radical (unpaired) electrons. The number of hydrogen-bond donors (Lipinski definition) is 1. The Morgan fingerprint density at radius 3 is 2.53 bits per heavy atom. The molecule has 0 saturated heterocycles. The third-order valence-electron chi connectivity index (χ3n) is 4.83. The normalized spacial score (nSPS) is 11.1. The van der Waals surface area contributed by atoms with Crippen LogP contribution in [0.5, 0.6) is 0 Å². The molecule has 1 amide bonds. The molecule has 10 nitrogen and oxygen atoms in total. The number of hydrogen-bond acceptors (Lipinski definition) is 7. The molecule has 0 spiro atoms. The Morgan fingerprint density at radius 1 is 1.20 bits per heavy atom. The van der Waals surface area contributed by atoms with Crippen molar-refractivity contribution >= 4 is 39.4 Å². The summed E-state index contributed by atoms with van der Waals surface area (Å²) in [6.07, 6.45) is 1.97. The van der Waals surface area contributed by atoms with E-state index in [0.717, 1.165) is 15.0 Å². The molecule has 3 rings (SSSR count). The van der Waals surface area contributed by atoms with Gasteiger partial charge in [0.2, 0.25) is 5.91 Å². The number of imidazole rings is 1. The van der Waals surface area contributed by atoms with E-state index in [1.54, 1.807) is 6.92 Å². The molecule has 0 saturated carbocycles. The van der Waals surface area contributed by atoms with Crippen LogP contribution in [0.25, 0.3) is 11.2 Å². The maximum absolute atomic E-state index is 12.7. The maximum Gasteiger partial charge on any atom is 0.341 e. The number of carbonyl (C=O) groups excluding carboxylic acids is 2. The number of nitrogens with zero attached hydrogens (tertiary/aromatic N) is 4. The summed E-state index contributed by atoms with van der Waals surface area (Å²) in [6.45, 7) is 5.56. The van der Waals surface area contributed by atoms with E-state index in [4.69, 9.17) is 4.74 Å². The van der Waals surface area contributed by atoms with Crippen molar-refractivity contribution in [2.24, 2.45) is 14.1 Å². The first kappa shape index (κ1) is 21.5. The maximum atomic E-state index is 12.7. The lowest BCUT2D eigenvalue weighted by Gasteiger charge is -2.09. The fraction of sp³-hybridized carbons (Fsp3) is 0.421. The first-order valence-corrected chi connectivity index (χ1v) is 10.2. The summed E-state index contributed by atoms with van der Waals surface area (Å²) in [5, 5.41) is 3.18. The van der Waals surface area contributed by atoms with Gasteiger partial charge in [0, 0.05) is 19.0 Å². The van der Waals surface area contributed by atoms with E-state index < -0.39 is 23.1 Å². The highest BCUT2D eigenvalue weighted by Gasteiger charge is 2.24. The first-order valence-electron chi connectivity index (χ1n) is 9.41. The van der Waals surface area contributed by atoms with Crippen molar-refractivity contribution in [1.82, 2.24) is 18.7 Å². The number of rotatable bonds is 6. The summed E-state index contributed by atoms with van der Waals surface area (Å²) in [4.78, 5) is 54.8. The largest absolute Gasteiger partial charge is 0.462 e. The second-order valence-corrected chi connectivity index (χ2v) is 7.94. The number of aromatic nitrogens is 4. The Kier molecular flexibility index (Phi) is 5.92. The summed E-state index contributed by atoms with van der Waals surface area (Å²) in [5.74, 6) is -0.911. The van der Waals surface area contributed by atoms with Gasteiger partial charge in [0.15, 0.2) is 11.2 Å². The summed E-state index contributed by atoms with van der Waals surface area (Å²) >= 11 is 1.31. The monoisotopic (exact) mass is 433 g/mol. The Bertz CT molecular complexity index is 1260. The zero-order valence-electron chi connectivity index (χ0n) is 17.4. The molecule has 0 bridgehead atoms. The highest BCUT2D eigenvalue weighted by molar-refractivity contribution is 7.16. The molecule has 11 heteroatoms. The van der Waals surface area contributed by atoms with Crippen molar-refractivity contribution < 1.29 is 14.3 Å². The molecule has 0 unspecified atom stereocenters. The molecular weight excluding hydrogens is 410 g/mol. The number of nitrogens with one attached hydrogen (secondary N) is 1. The minimum atomic E-state index is -0.536. The lowest BCUT2D eigenvalue weighted by Crippen LogP contribution is -2.37. The van der Waals surface area contributed by atoms with Gasteiger partial charge in [0.1, 0.15) is 11.5 Å².